The second-order valence-corrected chi connectivity index (χ2v) is 4.09. The normalized spacial score (nSPS) is 26.4. The van der Waals surface area contributed by atoms with Crippen LogP contribution < -0.4 is 0 Å². The van der Waals surface area contributed by atoms with Crippen molar-refractivity contribution in [1.82, 2.24) is 0 Å². The largest absolute Gasteiger partial charge is 0.0885 e. The first-order valence-corrected chi connectivity index (χ1v) is 5.71. The van der Waals surface area contributed by atoms with Crippen molar-refractivity contribution in [2.75, 3.05) is 0 Å². The highest BCUT2D eigenvalue weighted by molar-refractivity contribution is 4.90. The van der Waals surface area contributed by atoms with Gasteiger partial charge in [0.25, 0.3) is 0 Å². The van der Waals surface area contributed by atoms with Crippen LogP contribution in [0.1, 0.15) is 51.9 Å². The molecule has 0 amide bonds. The van der Waals surface area contributed by atoms with Crippen molar-refractivity contribution >= 4 is 0 Å². The molecule has 0 fully saturated rings. The summed E-state index contributed by atoms with van der Waals surface area (Å²) >= 11 is 0. The molecule has 0 radical (unpaired) electrons. The smallest absolute Gasteiger partial charge is 0.0262 e. The summed E-state index contributed by atoms with van der Waals surface area (Å²) in [5.74, 6) is 0.855. The van der Waals surface area contributed by atoms with E-state index in [-0.39, 0.29) is 0 Å². The van der Waals surface area contributed by atoms with Gasteiger partial charge in [0.15, 0.2) is 0 Å². The Morgan fingerprint density at radius 2 is 1.46 bits per heavy atom. The highest BCUT2D eigenvalue weighted by Crippen LogP contribution is 2.14. The molecular weight excluding hydrogens is 156 g/mol. The van der Waals surface area contributed by atoms with Gasteiger partial charge < -0.3 is 0 Å². The average molecular weight is 178 g/mol. The first-order valence-electron chi connectivity index (χ1n) is 5.71. The van der Waals surface area contributed by atoms with Gasteiger partial charge in [-0.3, -0.25) is 0 Å². The highest BCUT2D eigenvalue weighted by atomic mass is 14.0. The molecule has 0 N–H and O–H groups in total. The summed E-state index contributed by atoms with van der Waals surface area (Å²) in [5, 5.41) is 0. The SMILES string of the molecule is C1=CCCCC1.CC1C=CCCC1. The Bertz CT molecular complexity index is 157. The quantitative estimate of drug-likeness (QED) is 0.480. The van der Waals surface area contributed by atoms with Crippen LogP contribution in [0.25, 0.3) is 0 Å². The van der Waals surface area contributed by atoms with E-state index in [1.54, 1.807) is 0 Å². The van der Waals surface area contributed by atoms with Gasteiger partial charge >= 0.3 is 0 Å². The third-order valence-electron chi connectivity index (χ3n) is 2.65. The van der Waals surface area contributed by atoms with E-state index >= 15 is 0 Å². The third kappa shape index (κ3) is 5.68. The maximum Gasteiger partial charge on any atom is -0.0262 e. The molecule has 0 spiro atoms. The molecule has 2 aliphatic carbocycles. The molecule has 0 saturated heterocycles. The van der Waals surface area contributed by atoms with Gasteiger partial charge in [-0.15, -0.1) is 0 Å². The van der Waals surface area contributed by atoms with Crippen LogP contribution in [0.4, 0.5) is 0 Å². The van der Waals surface area contributed by atoms with Gasteiger partial charge in [0.1, 0.15) is 0 Å². The fourth-order valence-electron chi connectivity index (χ4n) is 1.74. The second kappa shape index (κ2) is 6.94. The van der Waals surface area contributed by atoms with E-state index in [9.17, 15) is 0 Å². The number of rotatable bonds is 0. The minimum Gasteiger partial charge on any atom is -0.0885 e. The molecule has 0 aromatic heterocycles. The van der Waals surface area contributed by atoms with Gasteiger partial charge in [-0.05, 0) is 50.9 Å². The van der Waals surface area contributed by atoms with Gasteiger partial charge in [-0.1, -0.05) is 31.2 Å². The Labute approximate surface area is 82.7 Å². The summed E-state index contributed by atoms with van der Waals surface area (Å²) < 4.78 is 0. The molecule has 0 aliphatic heterocycles. The second-order valence-electron chi connectivity index (χ2n) is 4.09. The molecule has 0 bridgehead atoms. The molecule has 1 atom stereocenters. The summed E-state index contributed by atoms with van der Waals surface area (Å²) in [5.41, 5.74) is 0. The number of hydrogen-bond acceptors (Lipinski definition) is 0. The van der Waals surface area contributed by atoms with Crippen LogP contribution in [-0.4, -0.2) is 0 Å². The fraction of sp³-hybridized carbons (Fsp3) is 0.692. The van der Waals surface area contributed by atoms with Crippen LogP contribution in [-0.2, 0) is 0 Å². The minimum absolute atomic E-state index is 0.855. The van der Waals surface area contributed by atoms with Crippen LogP contribution in [0.15, 0.2) is 24.3 Å². The van der Waals surface area contributed by atoms with E-state index < -0.39 is 0 Å². The lowest BCUT2D eigenvalue weighted by molar-refractivity contribution is 0.584. The van der Waals surface area contributed by atoms with Crippen LogP contribution in [0.5, 0.6) is 0 Å². The zero-order valence-electron chi connectivity index (χ0n) is 8.84. The predicted molar refractivity (Wildman–Crippen MR) is 59.8 cm³/mol. The van der Waals surface area contributed by atoms with Gasteiger partial charge in [-0.25, -0.2) is 0 Å². The molecule has 74 valence electrons. The molecular formula is C13H22. The van der Waals surface area contributed by atoms with Crippen molar-refractivity contribution in [3.63, 3.8) is 0 Å². The van der Waals surface area contributed by atoms with E-state index in [0.717, 1.165) is 5.92 Å². The van der Waals surface area contributed by atoms with Crippen molar-refractivity contribution in [3.8, 4) is 0 Å². The molecule has 2 rings (SSSR count). The molecule has 0 saturated carbocycles. The van der Waals surface area contributed by atoms with Gasteiger partial charge in [0, 0.05) is 0 Å². The van der Waals surface area contributed by atoms with Crippen LogP contribution in [0, 0.1) is 5.92 Å². The number of allylic oxidation sites excluding steroid dienone is 4. The van der Waals surface area contributed by atoms with Crippen molar-refractivity contribution in [3.05, 3.63) is 24.3 Å². The summed E-state index contributed by atoms with van der Waals surface area (Å²) in [4.78, 5) is 0. The molecule has 0 heterocycles. The van der Waals surface area contributed by atoms with E-state index in [0.29, 0.717) is 0 Å². The van der Waals surface area contributed by atoms with Gasteiger partial charge in [0.05, 0.1) is 0 Å². The molecule has 0 heteroatoms. The van der Waals surface area contributed by atoms with E-state index in [1.165, 1.54) is 44.9 Å². The van der Waals surface area contributed by atoms with Gasteiger partial charge in [-0.2, -0.15) is 0 Å². The Morgan fingerprint density at radius 1 is 0.846 bits per heavy atom. The van der Waals surface area contributed by atoms with Crippen molar-refractivity contribution in [1.29, 1.82) is 0 Å². The van der Waals surface area contributed by atoms with Gasteiger partial charge in [0.2, 0.25) is 0 Å². The topological polar surface area (TPSA) is 0 Å². The third-order valence-corrected chi connectivity index (χ3v) is 2.65. The van der Waals surface area contributed by atoms with Crippen molar-refractivity contribution < 1.29 is 0 Å². The molecule has 0 nitrogen and oxygen atoms in total. The molecule has 1 unspecified atom stereocenters. The monoisotopic (exact) mass is 178 g/mol. The fourth-order valence-corrected chi connectivity index (χ4v) is 1.74. The van der Waals surface area contributed by atoms with Crippen LogP contribution in [0.3, 0.4) is 0 Å². The molecule has 2 aliphatic rings. The lowest BCUT2D eigenvalue weighted by atomic mass is 9.98. The Hall–Kier alpha value is -0.520. The lowest BCUT2D eigenvalue weighted by Gasteiger charge is -2.08. The summed E-state index contributed by atoms with van der Waals surface area (Å²) in [6.07, 6.45) is 18.7. The first-order chi connectivity index (χ1) is 6.39. The molecule has 0 aromatic carbocycles. The summed E-state index contributed by atoms with van der Waals surface area (Å²) in [7, 11) is 0. The Kier molecular flexibility index (Phi) is 5.64. The standard InChI is InChI=1S/C7H12.C6H10/c1-7-5-3-2-4-6-7;1-2-4-6-5-3-1/h3,5,7H,2,4,6H2,1H3;1-2H,3-6H2. The summed E-state index contributed by atoms with van der Waals surface area (Å²) in [6, 6.07) is 0. The maximum absolute atomic E-state index is 2.31. The van der Waals surface area contributed by atoms with Crippen molar-refractivity contribution in [2.24, 2.45) is 5.92 Å². The number of hydrogen-bond donors (Lipinski definition) is 0. The van der Waals surface area contributed by atoms with Crippen LogP contribution in [0.2, 0.25) is 0 Å². The molecule has 13 heavy (non-hydrogen) atoms. The Balaban J connectivity index is 0.000000132. The maximum atomic E-state index is 2.31. The Morgan fingerprint density at radius 3 is 1.69 bits per heavy atom. The lowest BCUT2D eigenvalue weighted by Crippen LogP contribution is -1.92. The van der Waals surface area contributed by atoms with E-state index in [1.807, 2.05) is 0 Å². The van der Waals surface area contributed by atoms with E-state index in [2.05, 4.69) is 31.2 Å². The zero-order chi connectivity index (χ0) is 9.36. The zero-order valence-corrected chi connectivity index (χ0v) is 8.84. The average Bonchev–Trinajstić information content (AvgIpc) is 2.22. The molecule has 0 aromatic rings. The minimum atomic E-state index is 0.855. The predicted octanol–water partition coefficient (Wildman–Crippen LogP) is 4.48. The highest BCUT2D eigenvalue weighted by Gasteiger charge is 1.98. The van der Waals surface area contributed by atoms with Crippen LogP contribution >= 0.6 is 0 Å². The van der Waals surface area contributed by atoms with Crippen molar-refractivity contribution in [2.45, 2.75) is 51.9 Å². The van der Waals surface area contributed by atoms with E-state index in [4.69, 9.17) is 0 Å². The summed E-state index contributed by atoms with van der Waals surface area (Å²) in [6.45, 7) is 2.27. The first kappa shape index (κ1) is 10.6.